The molecule has 0 spiro atoms. The van der Waals surface area contributed by atoms with Crippen molar-refractivity contribution in [2.75, 3.05) is 0 Å². The van der Waals surface area contributed by atoms with Gasteiger partial charge < -0.3 is 5.11 Å². The molecule has 0 amide bonds. The smallest absolute Gasteiger partial charge is 0.322 e. The van der Waals surface area contributed by atoms with Gasteiger partial charge in [-0.25, -0.2) is 5.43 Å². The normalized spacial score (nSPS) is 13.2. The first-order valence-electron chi connectivity index (χ1n) is 2.41. The summed E-state index contributed by atoms with van der Waals surface area (Å²) in [6, 6.07) is -0.602. The summed E-state index contributed by atoms with van der Waals surface area (Å²) in [6.07, 6.45) is 0.506. The third-order valence-electron chi connectivity index (χ3n) is 0.908. The number of hydrogen-bond acceptors (Lipinski definition) is 3. The highest BCUT2D eigenvalue weighted by Crippen LogP contribution is 1.85. The zero-order chi connectivity index (χ0) is 6.57. The van der Waals surface area contributed by atoms with Crippen molar-refractivity contribution < 1.29 is 9.90 Å². The zero-order valence-electron chi connectivity index (χ0n) is 4.72. The Kier molecular flexibility index (Phi) is 3.14. The van der Waals surface area contributed by atoms with Gasteiger partial charge in [0, 0.05) is 0 Å². The van der Waals surface area contributed by atoms with Crippen LogP contribution in [0.4, 0.5) is 0 Å². The number of hydrogen-bond donors (Lipinski definition) is 3. The van der Waals surface area contributed by atoms with E-state index in [1.807, 2.05) is 0 Å². The molecular weight excluding hydrogens is 108 g/mol. The lowest BCUT2D eigenvalue weighted by molar-refractivity contribution is -0.139. The van der Waals surface area contributed by atoms with Crippen molar-refractivity contribution in [1.29, 1.82) is 0 Å². The number of aliphatic carboxylic acids is 1. The van der Waals surface area contributed by atoms with E-state index >= 15 is 0 Å². The molecule has 0 aromatic carbocycles. The van der Waals surface area contributed by atoms with Gasteiger partial charge in [-0.05, 0) is 6.42 Å². The fourth-order valence-corrected chi connectivity index (χ4v) is 0.364. The van der Waals surface area contributed by atoms with Crippen molar-refractivity contribution in [1.82, 2.24) is 5.43 Å². The summed E-state index contributed by atoms with van der Waals surface area (Å²) in [5.41, 5.74) is 2.15. The van der Waals surface area contributed by atoms with Crippen molar-refractivity contribution in [3.63, 3.8) is 0 Å². The maximum Gasteiger partial charge on any atom is 0.322 e. The Labute approximate surface area is 47.6 Å². The van der Waals surface area contributed by atoms with Crippen LogP contribution in [0.5, 0.6) is 0 Å². The van der Waals surface area contributed by atoms with E-state index in [9.17, 15) is 4.79 Å². The number of rotatable bonds is 3. The van der Waals surface area contributed by atoms with Gasteiger partial charge >= 0.3 is 5.97 Å². The second-order valence-corrected chi connectivity index (χ2v) is 1.47. The van der Waals surface area contributed by atoms with Crippen molar-refractivity contribution in [2.45, 2.75) is 19.4 Å². The summed E-state index contributed by atoms with van der Waals surface area (Å²) < 4.78 is 0. The molecule has 4 N–H and O–H groups in total. The first kappa shape index (κ1) is 7.39. The molecule has 48 valence electrons. The molecule has 8 heavy (non-hydrogen) atoms. The van der Waals surface area contributed by atoms with Crippen LogP contribution in [0, 0.1) is 0 Å². The number of carboxylic acid groups (broad SMARTS) is 1. The van der Waals surface area contributed by atoms with Gasteiger partial charge in [-0.15, -0.1) is 0 Å². The van der Waals surface area contributed by atoms with Gasteiger partial charge in [0.1, 0.15) is 6.04 Å². The summed E-state index contributed by atoms with van der Waals surface area (Å²) in [4.78, 5) is 10.0. The fraction of sp³-hybridized carbons (Fsp3) is 0.750. The Hall–Kier alpha value is -0.610. The maximum absolute atomic E-state index is 10.0. The Balaban J connectivity index is 3.52. The molecule has 0 aliphatic rings. The average Bonchev–Trinajstić information content (AvgIpc) is 1.69. The van der Waals surface area contributed by atoms with Gasteiger partial charge in [-0.1, -0.05) is 6.92 Å². The van der Waals surface area contributed by atoms with E-state index in [2.05, 4.69) is 5.43 Å². The Bertz CT molecular complexity index is 80.1. The SMILES string of the molecule is CCC(NN)C(=O)O. The van der Waals surface area contributed by atoms with Crippen molar-refractivity contribution >= 4 is 5.97 Å². The molecule has 0 heterocycles. The minimum absolute atomic E-state index is 0.506. The van der Waals surface area contributed by atoms with Gasteiger partial charge in [0.2, 0.25) is 0 Å². The van der Waals surface area contributed by atoms with Gasteiger partial charge in [-0.2, -0.15) is 0 Å². The van der Waals surface area contributed by atoms with Crippen LogP contribution in [0.15, 0.2) is 0 Å². The highest BCUT2D eigenvalue weighted by Gasteiger charge is 2.10. The predicted octanol–water partition coefficient (Wildman–Crippen LogP) is -0.687. The first-order valence-corrected chi connectivity index (χ1v) is 2.41. The van der Waals surface area contributed by atoms with Gasteiger partial charge in [0.25, 0.3) is 0 Å². The molecule has 1 atom stereocenters. The Morgan fingerprint density at radius 3 is 2.50 bits per heavy atom. The monoisotopic (exact) mass is 118 g/mol. The van der Waals surface area contributed by atoms with Crippen LogP contribution in [0.3, 0.4) is 0 Å². The largest absolute Gasteiger partial charge is 0.480 e. The molecule has 4 nitrogen and oxygen atoms in total. The van der Waals surface area contributed by atoms with Crippen molar-refractivity contribution in [3.8, 4) is 0 Å². The molecule has 0 rings (SSSR count). The summed E-state index contributed by atoms with van der Waals surface area (Å²) in [5.74, 6) is 3.95. The second-order valence-electron chi connectivity index (χ2n) is 1.47. The van der Waals surface area contributed by atoms with Crippen LogP contribution in [0.1, 0.15) is 13.3 Å². The molecular formula is C4H10N2O2. The van der Waals surface area contributed by atoms with Crippen molar-refractivity contribution in [2.24, 2.45) is 5.84 Å². The molecule has 0 saturated carbocycles. The van der Waals surface area contributed by atoms with Crippen LogP contribution in [0.2, 0.25) is 0 Å². The lowest BCUT2D eigenvalue weighted by atomic mass is 10.2. The summed E-state index contributed by atoms with van der Waals surface area (Å²) in [6.45, 7) is 1.75. The highest BCUT2D eigenvalue weighted by molar-refractivity contribution is 5.73. The number of carboxylic acids is 1. The number of nitrogens with one attached hydrogen (secondary N) is 1. The third-order valence-corrected chi connectivity index (χ3v) is 0.908. The van der Waals surface area contributed by atoms with E-state index < -0.39 is 12.0 Å². The average molecular weight is 118 g/mol. The molecule has 4 heteroatoms. The number of nitrogens with two attached hydrogens (primary N) is 1. The van der Waals surface area contributed by atoms with E-state index in [0.29, 0.717) is 6.42 Å². The number of hydrazine groups is 1. The first-order chi connectivity index (χ1) is 3.72. The molecule has 0 aliphatic carbocycles. The van der Waals surface area contributed by atoms with E-state index in [0.717, 1.165) is 0 Å². The standard InChI is InChI=1S/C4H10N2O2/c1-2-3(6-5)4(7)8/h3,6H,2,5H2,1H3,(H,7,8). The highest BCUT2D eigenvalue weighted by atomic mass is 16.4. The Morgan fingerprint density at radius 2 is 2.50 bits per heavy atom. The van der Waals surface area contributed by atoms with E-state index in [1.165, 1.54) is 0 Å². The minimum atomic E-state index is -0.907. The summed E-state index contributed by atoms with van der Waals surface area (Å²) in [7, 11) is 0. The van der Waals surface area contributed by atoms with Crippen LogP contribution in [-0.2, 0) is 4.79 Å². The van der Waals surface area contributed by atoms with Gasteiger partial charge in [0.15, 0.2) is 0 Å². The molecule has 0 aromatic rings. The topological polar surface area (TPSA) is 75.3 Å². The van der Waals surface area contributed by atoms with Gasteiger partial charge in [-0.3, -0.25) is 10.6 Å². The molecule has 0 aromatic heterocycles. The van der Waals surface area contributed by atoms with Crippen LogP contribution in [0.25, 0.3) is 0 Å². The molecule has 0 aliphatic heterocycles. The maximum atomic E-state index is 10.0. The predicted molar refractivity (Wildman–Crippen MR) is 29.0 cm³/mol. The summed E-state index contributed by atoms with van der Waals surface area (Å²) >= 11 is 0. The fourth-order valence-electron chi connectivity index (χ4n) is 0.364. The Morgan fingerprint density at radius 1 is 2.00 bits per heavy atom. The summed E-state index contributed by atoms with van der Waals surface area (Å²) in [5, 5.41) is 8.23. The van der Waals surface area contributed by atoms with Crippen LogP contribution in [-0.4, -0.2) is 17.1 Å². The molecule has 1 unspecified atom stereocenters. The molecule has 0 bridgehead atoms. The van der Waals surface area contributed by atoms with E-state index in [1.54, 1.807) is 6.92 Å². The quantitative estimate of drug-likeness (QED) is 0.339. The minimum Gasteiger partial charge on any atom is -0.480 e. The van der Waals surface area contributed by atoms with Crippen LogP contribution < -0.4 is 11.3 Å². The van der Waals surface area contributed by atoms with Crippen molar-refractivity contribution in [3.05, 3.63) is 0 Å². The zero-order valence-corrected chi connectivity index (χ0v) is 4.72. The molecule has 0 fully saturated rings. The second kappa shape index (κ2) is 3.40. The van der Waals surface area contributed by atoms with E-state index in [4.69, 9.17) is 10.9 Å². The lowest BCUT2D eigenvalue weighted by Crippen LogP contribution is -2.40. The number of carbonyl (C=O) groups is 1. The van der Waals surface area contributed by atoms with Gasteiger partial charge in [0.05, 0.1) is 0 Å². The van der Waals surface area contributed by atoms with Crippen LogP contribution >= 0.6 is 0 Å². The van der Waals surface area contributed by atoms with E-state index in [-0.39, 0.29) is 0 Å². The molecule has 0 saturated heterocycles. The lowest BCUT2D eigenvalue weighted by Gasteiger charge is -2.04. The third kappa shape index (κ3) is 1.90. The molecule has 0 radical (unpaired) electrons.